The molecule has 0 unspecified atom stereocenters. The Bertz CT molecular complexity index is 1550. The van der Waals surface area contributed by atoms with Gasteiger partial charge in [0.25, 0.3) is 11.8 Å². The largest absolute Gasteiger partial charge is 0.383 e. The lowest BCUT2D eigenvalue weighted by atomic mass is 10.0. The van der Waals surface area contributed by atoms with Gasteiger partial charge in [-0.15, -0.1) is 0 Å². The van der Waals surface area contributed by atoms with Gasteiger partial charge in [0.15, 0.2) is 0 Å². The van der Waals surface area contributed by atoms with Crippen LogP contribution < -0.4 is 16.0 Å². The van der Waals surface area contributed by atoms with Crippen molar-refractivity contribution >= 4 is 23.3 Å². The van der Waals surface area contributed by atoms with Gasteiger partial charge < -0.3 is 25.8 Å². The average Bonchev–Trinajstić information content (AvgIpc) is 3.50. The van der Waals surface area contributed by atoms with Crippen LogP contribution in [0.4, 0.5) is 11.5 Å². The Morgan fingerprint density at radius 1 is 0.810 bits per heavy atom. The molecule has 42 heavy (non-hydrogen) atoms. The second-order valence-electron chi connectivity index (χ2n) is 11.1. The number of anilines is 2. The summed E-state index contributed by atoms with van der Waals surface area (Å²) in [7, 11) is 2.15. The molecule has 0 saturated carbocycles. The van der Waals surface area contributed by atoms with Gasteiger partial charge in [0, 0.05) is 68.3 Å². The van der Waals surface area contributed by atoms with Gasteiger partial charge in [-0.1, -0.05) is 54.6 Å². The Balaban J connectivity index is 1.08. The number of rotatable bonds is 6. The quantitative estimate of drug-likeness (QED) is 0.363. The van der Waals surface area contributed by atoms with Gasteiger partial charge in [0.1, 0.15) is 5.82 Å². The zero-order valence-corrected chi connectivity index (χ0v) is 23.9. The SMILES string of the molecule is CN1CCN(c2ccc(-c3cnc(N)c(C(=O)N[C@@H]4CCN(C(=O)c5ccc(-c6ccccc6)cc5)C4)c3)cc2)CC1. The smallest absolute Gasteiger partial charge is 0.255 e. The molecular formula is C34H36N6O2. The highest BCUT2D eigenvalue weighted by Gasteiger charge is 2.29. The summed E-state index contributed by atoms with van der Waals surface area (Å²) in [5, 5.41) is 3.07. The monoisotopic (exact) mass is 560 g/mol. The molecule has 8 nitrogen and oxygen atoms in total. The summed E-state index contributed by atoms with van der Waals surface area (Å²) in [5.74, 6) is -0.119. The summed E-state index contributed by atoms with van der Waals surface area (Å²) in [5.41, 5.74) is 12.3. The van der Waals surface area contributed by atoms with Crippen LogP contribution in [0.5, 0.6) is 0 Å². The zero-order chi connectivity index (χ0) is 29.1. The molecule has 3 N–H and O–H groups in total. The van der Waals surface area contributed by atoms with Gasteiger partial charge in [0.2, 0.25) is 0 Å². The van der Waals surface area contributed by atoms with Crippen LogP contribution in [0.15, 0.2) is 91.1 Å². The lowest BCUT2D eigenvalue weighted by molar-refractivity contribution is 0.0783. The molecule has 1 aromatic heterocycles. The third kappa shape index (κ3) is 5.99. The van der Waals surface area contributed by atoms with Crippen LogP contribution in [0.2, 0.25) is 0 Å². The maximum Gasteiger partial charge on any atom is 0.255 e. The summed E-state index contributed by atoms with van der Waals surface area (Å²) in [6.07, 6.45) is 2.39. The second kappa shape index (κ2) is 12.0. The van der Waals surface area contributed by atoms with E-state index in [9.17, 15) is 9.59 Å². The van der Waals surface area contributed by atoms with E-state index in [0.29, 0.717) is 30.6 Å². The van der Waals surface area contributed by atoms with E-state index in [-0.39, 0.29) is 23.7 Å². The molecule has 0 bridgehead atoms. The van der Waals surface area contributed by atoms with E-state index in [1.54, 1.807) is 17.2 Å². The van der Waals surface area contributed by atoms with Crippen LogP contribution in [0.3, 0.4) is 0 Å². The van der Waals surface area contributed by atoms with Crippen molar-refractivity contribution in [2.75, 3.05) is 56.9 Å². The number of likely N-dealkylation sites (N-methyl/N-ethyl adjacent to an activating group) is 1. The van der Waals surface area contributed by atoms with Crippen LogP contribution in [0.1, 0.15) is 27.1 Å². The highest BCUT2D eigenvalue weighted by Crippen LogP contribution is 2.26. The molecule has 2 saturated heterocycles. The van der Waals surface area contributed by atoms with Crippen LogP contribution in [0, 0.1) is 0 Å². The Hall–Kier alpha value is -4.69. The predicted octanol–water partition coefficient (Wildman–Crippen LogP) is 4.39. The molecule has 0 radical (unpaired) electrons. The van der Waals surface area contributed by atoms with Gasteiger partial charge in [-0.25, -0.2) is 4.98 Å². The van der Waals surface area contributed by atoms with Gasteiger partial charge in [-0.3, -0.25) is 9.59 Å². The first-order chi connectivity index (χ1) is 20.4. The predicted molar refractivity (Wildman–Crippen MR) is 167 cm³/mol. The lowest BCUT2D eigenvalue weighted by Gasteiger charge is -2.34. The molecule has 2 fully saturated rings. The van der Waals surface area contributed by atoms with Crippen molar-refractivity contribution in [1.82, 2.24) is 20.1 Å². The average molecular weight is 561 g/mol. The lowest BCUT2D eigenvalue weighted by Crippen LogP contribution is -2.44. The molecule has 8 heteroatoms. The van der Waals surface area contributed by atoms with E-state index < -0.39 is 0 Å². The van der Waals surface area contributed by atoms with Crippen molar-refractivity contribution in [2.45, 2.75) is 12.5 Å². The first-order valence-electron chi connectivity index (χ1n) is 14.5. The summed E-state index contributed by atoms with van der Waals surface area (Å²) in [6.45, 7) is 5.15. The molecule has 2 aliphatic rings. The standard InChI is InChI=1S/C34H36N6O2/c1-38-17-19-39(20-18-38)30-13-11-26(12-14-30)28-21-31(32(35)36-22-28)33(41)37-29-15-16-40(23-29)34(42)27-9-7-25(8-10-27)24-5-3-2-4-6-24/h2-14,21-22,29H,15-20,23H2,1H3,(H2,35,36)(H,37,41)/t29-/m1/s1. The molecule has 0 spiro atoms. The topological polar surface area (TPSA) is 94.8 Å². The fourth-order valence-corrected chi connectivity index (χ4v) is 5.69. The molecule has 6 rings (SSSR count). The molecule has 4 aromatic rings. The highest BCUT2D eigenvalue weighted by molar-refractivity contribution is 6.00. The van der Waals surface area contributed by atoms with E-state index in [2.05, 4.69) is 51.4 Å². The third-order valence-electron chi connectivity index (χ3n) is 8.28. The number of nitrogens with one attached hydrogen (secondary N) is 1. The normalized spacial score (nSPS) is 17.3. The number of piperazine rings is 1. The number of benzene rings is 3. The van der Waals surface area contributed by atoms with E-state index in [0.717, 1.165) is 48.4 Å². The first kappa shape index (κ1) is 27.5. The fraction of sp³-hybridized carbons (Fsp3) is 0.265. The summed E-state index contributed by atoms with van der Waals surface area (Å²) >= 11 is 0. The maximum absolute atomic E-state index is 13.3. The number of nitrogens with zero attached hydrogens (tertiary/aromatic N) is 4. The minimum Gasteiger partial charge on any atom is -0.383 e. The minimum atomic E-state index is -0.276. The van der Waals surface area contributed by atoms with Gasteiger partial charge in [-0.2, -0.15) is 0 Å². The van der Waals surface area contributed by atoms with Crippen molar-refractivity contribution in [3.8, 4) is 22.3 Å². The van der Waals surface area contributed by atoms with E-state index in [1.165, 1.54) is 5.69 Å². The minimum absolute atomic E-state index is 0.0328. The van der Waals surface area contributed by atoms with Gasteiger partial charge in [0.05, 0.1) is 5.56 Å². The number of hydrogen-bond donors (Lipinski definition) is 2. The Morgan fingerprint density at radius 2 is 1.45 bits per heavy atom. The van der Waals surface area contributed by atoms with Gasteiger partial charge in [-0.05, 0) is 60.5 Å². The Kier molecular flexibility index (Phi) is 7.88. The molecule has 2 amide bonds. The van der Waals surface area contributed by atoms with E-state index in [1.807, 2.05) is 54.6 Å². The number of nitrogen functional groups attached to an aromatic ring is 1. The van der Waals surface area contributed by atoms with Gasteiger partial charge >= 0.3 is 0 Å². The summed E-state index contributed by atoms with van der Waals surface area (Å²) in [4.78, 5) is 37.3. The number of nitrogens with two attached hydrogens (primary N) is 1. The molecule has 0 aliphatic carbocycles. The Morgan fingerprint density at radius 3 is 2.17 bits per heavy atom. The molecule has 3 heterocycles. The van der Waals surface area contributed by atoms with E-state index >= 15 is 0 Å². The molecule has 1 atom stereocenters. The summed E-state index contributed by atoms with van der Waals surface area (Å²) < 4.78 is 0. The number of pyridine rings is 1. The number of aromatic nitrogens is 1. The number of hydrogen-bond acceptors (Lipinski definition) is 6. The molecule has 2 aliphatic heterocycles. The highest BCUT2D eigenvalue weighted by atomic mass is 16.2. The Labute approximate surface area is 246 Å². The number of likely N-dealkylation sites (tertiary alicyclic amines) is 1. The zero-order valence-electron chi connectivity index (χ0n) is 23.9. The molecule has 214 valence electrons. The fourth-order valence-electron chi connectivity index (χ4n) is 5.69. The number of amides is 2. The maximum atomic E-state index is 13.3. The van der Waals surface area contributed by atoms with Crippen molar-refractivity contribution < 1.29 is 9.59 Å². The van der Waals surface area contributed by atoms with E-state index in [4.69, 9.17) is 5.73 Å². The van der Waals surface area contributed by atoms with Crippen LogP contribution in [-0.4, -0.2) is 79.0 Å². The first-order valence-corrected chi connectivity index (χ1v) is 14.5. The van der Waals surface area contributed by atoms with Crippen LogP contribution in [-0.2, 0) is 0 Å². The number of carbonyl (C=O) groups is 2. The third-order valence-corrected chi connectivity index (χ3v) is 8.28. The number of carbonyl (C=O) groups excluding carboxylic acids is 2. The van der Waals surface area contributed by atoms with Crippen molar-refractivity contribution in [2.24, 2.45) is 0 Å². The molecule has 3 aromatic carbocycles. The second-order valence-corrected chi connectivity index (χ2v) is 11.1. The van der Waals surface area contributed by atoms with Crippen molar-refractivity contribution in [3.05, 3.63) is 102 Å². The molecular weight excluding hydrogens is 524 g/mol. The van der Waals surface area contributed by atoms with Crippen LogP contribution >= 0.6 is 0 Å². The van der Waals surface area contributed by atoms with Crippen molar-refractivity contribution in [1.29, 1.82) is 0 Å². The summed E-state index contributed by atoms with van der Waals surface area (Å²) in [6, 6.07) is 27.8. The van der Waals surface area contributed by atoms with Crippen molar-refractivity contribution in [3.63, 3.8) is 0 Å². The van der Waals surface area contributed by atoms with Crippen LogP contribution in [0.25, 0.3) is 22.3 Å².